The lowest BCUT2D eigenvalue weighted by Gasteiger charge is -2.36. The highest BCUT2D eigenvalue weighted by molar-refractivity contribution is 5.78. The second-order valence-electron chi connectivity index (χ2n) is 5.07. The van der Waals surface area contributed by atoms with Crippen LogP contribution < -0.4 is 5.32 Å². The summed E-state index contributed by atoms with van der Waals surface area (Å²) in [6.45, 7) is 7.98. The van der Waals surface area contributed by atoms with E-state index >= 15 is 0 Å². The smallest absolute Gasteiger partial charge is 0.237 e. The number of nitrogens with one attached hydrogen (secondary N) is 1. The average Bonchev–Trinajstić information content (AvgIpc) is 2.63. The number of amides is 1. The van der Waals surface area contributed by atoms with Gasteiger partial charge in [-0.15, -0.1) is 0 Å². The third kappa shape index (κ3) is 2.38. The number of rotatable bonds is 2. The van der Waals surface area contributed by atoms with Crippen molar-refractivity contribution in [2.24, 2.45) is 0 Å². The van der Waals surface area contributed by atoms with Gasteiger partial charge in [0.05, 0.1) is 12.7 Å². The topological polar surface area (TPSA) is 35.6 Å². The Kier molecular flexibility index (Phi) is 3.82. The van der Waals surface area contributed by atoms with Gasteiger partial charge in [-0.1, -0.05) is 0 Å². The van der Waals surface area contributed by atoms with E-state index in [4.69, 9.17) is 0 Å². The van der Waals surface area contributed by atoms with Gasteiger partial charge in [-0.3, -0.25) is 9.69 Å². The first-order valence-electron chi connectivity index (χ1n) is 6.46. The molecule has 0 aromatic heterocycles. The lowest BCUT2D eigenvalue weighted by atomic mass is 10.2. The Labute approximate surface area is 98.0 Å². The molecule has 92 valence electrons. The first-order chi connectivity index (χ1) is 7.70. The average molecular weight is 225 g/mol. The molecule has 2 heterocycles. The second kappa shape index (κ2) is 5.15. The third-order valence-electron chi connectivity index (χ3n) is 3.63. The van der Waals surface area contributed by atoms with Crippen LogP contribution in [0.15, 0.2) is 0 Å². The number of carbonyl (C=O) groups is 1. The SMILES string of the molecule is CC(C)N1CCCC1N1CCCNCC1=O. The Bertz CT molecular complexity index is 255. The third-order valence-corrected chi connectivity index (χ3v) is 3.63. The molecular weight excluding hydrogens is 202 g/mol. The van der Waals surface area contributed by atoms with Gasteiger partial charge in [0.15, 0.2) is 0 Å². The van der Waals surface area contributed by atoms with Crippen LogP contribution in [0, 0.1) is 0 Å². The highest BCUT2D eigenvalue weighted by Crippen LogP contribution is 2.23. The zero-order chi connectivity index (χ0) is 11.5. The van der Waals surface area contributed by atoms with Gasteiger partial charge in [0.1, 0.15) is 0 Å². The standard InChI is InChI=1S/C12H23N3O/c1-10(2)14-7-3-5-11(14)15-8-4-6-13-9-12(15)16/h10-11,13H,3-9H2,1-2H3. The predicted molar refractivity (Wildman–Crippen MR) is 64.1 cm³/mol. The molecule has 4 nitrogen and oxygen atoms in total. The lowest BCUT2D eigenvalue weighted by molar-refractivity contribution is -0.135. The number of likely N-dealkylation sites (tertiary alicyclic amines) is 1. The maximum absolute atomic E-state index is 12.0. The molecule has 0 saturated carbocycles. The molecule has 16 heavy (non-hydrogen) atoms. The molecule has 0 aromatic rings. The number of hydrogen-bond donors (Lipinski definition) is 1. The molecule has 0 spiro atoms. The van der Waals surface area contributed by atoms with Crippen LogP contribution >= 0.6 is 0 Å². The van der Waals surface area contributed by atoms with E-state index < -0.39 is 0 Å². The Morgan fingerprint density at radius 2 is 2.12 bits per heavy atom. The van der Waals surface area contributed by atoms with Gasteiger partial charge in [0.25, 0.3) is 0 Å². The lowest BCUT2D eigenvalue weighted by Crippen LogP contribution is -2.51. The van der Waals surface area contributed by atoms with E-state index in [0.29, 0.717) is 18.8 Å². The van der Waals surface area contributed by atoms with E-state index in [0.717, 1.165) is 32.5 Å². The van der Waals surface area contributed by atoms with Crippen LogP contribution in [0.3, 0.4) is 0 Å². The summed E-state index contributed by atoms with van der Waals surface area (Å²) in [5.74, 6) is 0.273. The van der Waals surface area contributed by atoms with Crippen LogP contribution in [0.25, 0.3) is 0 Å². The summed E-state index contributed by atoms with van der Waals surface area (Å²) in [5, 5.41) is 3.18. The molecule has 2 fully saturated rings. The van der Waals surface area contributed by atoms with Crippen LogP contribution in [-0.2, 0) is 4.79 Å². The molecule has 1 atom stereocenters. The zero-order valence-corrected chi connectivity index (χ0v) is 10.4. The molecule has 0 bridgehead atoms. The largest absolute Gasteiger partial charge is 0.326 e. The summed E-state index contributed by atoms with van der Waals surface area (Å²) >= 11 is 0. The van der Waals surface area contributed by atoms with Crippen LogP contribution in [0.5, 0.6) is 0 Å². The van der Waals surface area contributed by atoms with E-state index in [9.17, 15) is 4.79 Å². The van der Waals surface area contributed by atoms with Crippen molar-refractivity contribution in [1.82, 2.24) is 15.1 Å². The van der Waals surface area contributed by atoms with E-state index in [1.54, 1.807) is 0 Å². The van der Waals surface area contributed by atoms with Crippen LogP contribution in [0.1, 0.15) is 33.1 Å². The van der Waals surface area contributed by atoms with Crippen molar-refractivity contribution in [1.29, 1.82) is 0 Å². The van der Waals surface area contributed by atoms with Gasteiger partial charge in [0.2, 0.25) is 5.91 Å². The van der Waals surface area contributed by atoms with E-state index in [-0.39, 0.29) is 5.91 Å². The van der Waals surface area contributed by atoms with Crippen molar-refractivity contribution in [3.8, 4) is 0 Å². The Balaban J connectivity index is 2.06. The maximum Gasteiger partial charge on any atom is 0.237 e. The molecule has 1 amide bonds. The number of hydrogen-bond acceptors (Lipinski definition) is 3. The van der Waals surface area contributed by atoms with Crippen LogP contribution in [-0.4, -0.2) is 54.1 Å². The van der Waals surface area contributed by atoms with Gasteiger partial charge in [-0.2, -0.15) is 0 Å². The molecule has 1 unspecified atom stereocenters. The number of carbonyl (C=O) groups excluding carboxylic acids is 1. The van der Waals surface area contributed by atoms with Crippen LogP contribution in [0.2, 0.25) is 0 Å². The van der Waals surface area contributed by atoms with Gasteiger partial charge in [-0.25, -0.2) is 0 Å². The monoisotopic (exact) mass is 225 g/mol. The number of nitrogens with zero attached hydrogens (tertiary/aromatic N) is 2. The highest BCUT2D eigenvalue weighted by Gasteiger charge is 2.34. The quantitative estimate of drug-likeness (QED) is 0.749. The second-order valence-corrected chi connectivity index (χ2v) is 5.07. The summed E-state index contributed by atoms with van der Waals surface area (Å²) < 4.78 is 0. The molecule has 2 aliphatic heterocycles. The normalized spacial score (nSPS) is 28.8. The molecular formula is C12H23N3O. The van der Waals surface area contributed by atoms with Crippen molar-refractivity contribution in [3.05, 3.63) is 0 Å². The minimum Gasteiger partial charge on any atom is -0.326 e. The van der Waals surface area contributed by atoms with Crippen LogP contribution in [0.4, 0.5) is 0 Å². The first-order valence-corrected chi connectivity index (χ1v) is 6.46. The minimum atomic E-state index is 0.273. The molecule has 1 N–H and O–H groups in total. The molecule has 0 aliphatic carbocycles. The maximum atomic E-state index is 12.0. The van der Waals surface area contributed by atoms with Crippen molar-refractivity contribution >= 4 is 5.91 Å². The minimum absolute atomic E-state index is 0.273. The fourth-order valence-corrected chi connectivity index (χ4v) is 2.82. The van der Waals surface area contributed by atoms with Gasteiger partial charge in [0, 0.05) is 19.1 Å². The summed E-state index contributed by atoms with van der Waals surface area (Å²) in [5.41, 5.74) is 0. The van der Waals surface area contributed by atoms with Gasteiger partial charge < -0.3 is 10.2 Å². The van der Waals surface area contributed by atoms with E-state index in [1.165, 1.54) is 6.42 Å². The van der Waals surface area contributed by atoms with Gasteiger partial charge in [-0.05, 0) is 39.7 Å². The van der Waals surface area contributed by atoms with Crippen molar-refractivity contribution < 1.29 is 4.79 Å². The van der Waals surface area contributed by atoms with E-state index in [2.05, 4.69) is 29.0 Å². The highest BCUT2D eigenvalue weighted by atomic mass is 16.2. The Morgan fingerprint density at radius 3 is 2.88 bits per heavy atom. The first kappa shape index (κ1) is 11.9. The van der Waals surface area contributed by atoms with Crippen molar-refractivity contribution in [2.45, 2.75) is 45.3 Å². The summed E-state index contributed by atoms with van der Waals surface area (Å²) in [7, 11) is 0. The van der Waals surface area contributed by atoms with Crippen molar-refractivity contribution in [2.75, 3.05) is 26.2 Å². The molecule has 2 saturated heterocycles. The Hall–Kier alpha value is -0.610. The molecule has 4 heteroatoms. The fourth-order valence-electron chi connectivity index (χ4n) is 2.82. The van der Waals surface area contributed by atoms with Gasteiger partial charge >= 0.3 is 0 Å². The fraction of sp³-hybridized carbons (Fsp3) is 0.917. The predicted octanol–water partition coefficient (Wildman–Crippen LogP) is 0.639. The molecule has 2 aliphatic rings. The molecule has 2 rings (SSSR count). The summed E-state index contributed by atoms with van der Waals surface area (Å²) in [6, 6.07) is 0.538. The zero-order valence-electron chi connectivity index (χ0n) is 10.4. The molecule has 0 radical (unpaired) electrons. The summed E-state index contributed by atoms with van der Waals surface area (Å²) in [6.07, 6.45) is 3.80. The molecule has 0 aromatic carbocycles. The van der Waals surface area contributed by atoms with E-state index in [1.807, 2.05) is 0 Å². The Morgan fingerprint density at radius 1 is 1.31 bits per heavy atom. The van der Waals surface area contributed by atoms with Crippen molar-refractivity contribution in [3.63, 3.8) is 0 Å². The summed E-state index contributed by atoms with van der Waals surface area (Å²) in [4.78, 5) is 16.6.